The molecule has 12 heavy (non-hydrogen) atoms. The van der Waals surface area contributed by atoms with E-state index in [1.54, 1.807) is 13.0 Å². The van der Waals surface area contributed by atoms with Gasteiger partial charge in [0.05, 0.1) is 4.86 Å². The lowest BCUT2D eigenvalue weighted by Crippen LogP contribution is -2.10. The van der Waals surface area contributed by atoms with Crippen molar-refractivity contribution in [3.8, 4) is 0 Å². The van der Waals surface area contributed by atoms with Crippen molar-refractivity contribution >= 4 is 23.1 Å². The third-order valence-corrected chi connectivity index (χ3v) is 1.84. The van der Waals surface area contributed by atoms with Gasteiger partial charge in [0.2, 0.25) is 0 Å². The summed E-state index contributed by atoms with van der Waals surface area (Å²) in [7, 11) is 0. The highest BCUT2D eigenvalue weighted by atomic mass is 32.1. The van der Waals surface area contributed by atoms with E-state index in [0.29, 0.717) is 23.5 Å². The van der Waals surface area contributed by atoms with Crippen molar-refractivity contribution in [3.63, 3.8) is 0 Å². The molecule has 0 atom stereocenters. The molecule has 0 fully saturated rings. The smallest absolute Gasteiger partial charge is 0.310 e. The van der Waals surface area contributed by atoms with Gasteiger partial charge in [-0.05, 0) is 6.08 Å². The minimum absolute atomic E-state index is 0.237. The van der Waals surface area contributed by atoms with Gasteiger partial charge in [-0.2, -0.15) is 0 Å². The monoisotopic (exact) mass is 182 g/mol. The zero-order valence-corrected chi connectivity index (χ0v) is 7.69. The average molecular weight is 182 g/mol. The Kier molecular flexibility index (Phi) is 3.17. The molecule has 0 spiro atoms. The molecule has 0 saturated carbocycles. The summed E-state index contributed by atoms with van der Waals surface area (Å²) in [4.78, 5) is 11.6. The van der Waals surface area contributed by atoms with Gasteiger partial charge < -0.3 is 4.74 Å². The third-order valence-electron chi connectivity index (χ3n) is 1.47. The second-order valence-electron chi connectivity index (χ2n) is 2.41. The van der Waals surface area contributed by atoms with Gasteiger partial charge in [0.25, 0.3) is 0 Å². The second kappa shape index (κ2) is 4.16. The third kappa shape index (κ3) is 2.27. The van der Waals surface area contributed by atoms with Gasteiger partial charge in [-0.15, -0.1) is 0 Å². The quantitative estimate of drug-likeness (QED) is 0.483. The first-order valence-corrected chi connectivity index (χ1v) is 4.25. The molecule has 1 rings (SSSR count). The fourth-order valence-electron chi connectivity index (χ4n) is 0.810. The van der Waals surface area contributed by atoms with Crippen molar-refractivity contribution in [3.05, 3.63) is 24.0 Å². The number of thiocarbonyl (C=S) groups is 1. The molecule has 0 saturated heterocycles. The predicted octanol–water partition coefficient (Wildman–Crippen LogP) is 2.15. The minimum atomic E-state index is -0.237. The van der Waals surface area contributed by atoms with Crippen LogP contribution in [0.2, 0.25) is 0 Å². The van der Waals surface area contributed by atoms with Crippen LogP contribution in [0.15, 0.2) is 24.0 Å². The molecular formula is C9H10O2S. The molecule has 2 nitrogen and oxygen atoms in total. The van der Waals surface area contributed by atoms with Gasteiger partial charge in [-0.1, -0.05) is 31.3 Å². The summed E-state index contributed by atoms with van der Waals surface area (Å²) in [5.41, 5.74) is 0. The van der Waals surface area contributed by atoms with Gasteiger partial charge in [0.15, 0.2) is 0 Å². The first-order chi connectivity index (χ1) is 5.74. The van der Waals surface area contributed by atoms with Crippen molar-refractivity contribution < 1.29 is 9.53 Å². The van der Waals surface area contributed by atoms with Gasteiger partial charge in [-0.25, -0.2) is 0 Å². The van der Waals surface area contributed by atoms with E-state index in [9.17, 15) is 4.79 Å². The maximum Gasteiger partial charge on any atom is 0.310 e. The summed E-state index contributed by atoms with van der Waals surface area (Å²) < 4.78 is 4.98. The number of ether oxygens (including phenoxy) is 1. The molecule has 0 aromatic rings. The lowest BCUT2D eigenvalue weighted by atomic mass is 10.1. The van der Waals surface area contributed by atoms with E-state index < -0.39 is 0 Å². The molecule has 0 aromatic carbocycles. The fraction of sp³-hybridized carbons (Fsp3) is 0.333. The normalized spacial score (nSPS) is 15.8. The highest BCUT2D eigenvalue weighted by Gasteiger charge is 2.10. The Morgan fingerprint density at radius 1 is 1.75 bits per heavy atom. The number of carbonyl (C=O) groups excluding carboxylic acids is 1. The number of allylic oxidation sites excluding steroid dienone is 4. The molecule has 0 amide bonds. The Bertz CT molecular complexity index is 264. The molecule has 1 aliphatic carbocycles. The summed E-state index contributed by atoms with van der Waals surface area (Å²) in [5, 5.41) is 0. The van der Waals surface area contributed by atoms with Crippen LogP contribution in [-0.2, 0) is 9.53 Å². The summed E-state index contributed by atoms with van der Waals surface area (Å²) in [6, 6.07) is 0. The first kappa shape index (κ1) is 9.13. The van der Waals surface area contributed by atoms with E-state index in [1.807, 2.05) is 12.2 Å². The number of carbonyl (C=O) groups is 1. The van der Waals surface area contributed by atoms with Crippen molar-refractivity contribution in [1.82, 2.24) is 0 Å². The predicted molar refractivity (Wildman–Crippen MR) is 50.8 cm³/mol. The highest BCUT2D eigenvalue weighted by Crippen LogP contribution is 2.11. The van der Waals surface area contributed by atoms with Crippen molar-refractivity contribution in [2.45, 2.75) is 19.8 Å². The summed E-state index contributed by atoms with van der Waals surface area (Å²) in [5.74, 6) is 0.290. The first-order valence-electron chi connectivity index (χ1n) is 3.84. The Morgan fingerprint density at radius 3 is 3.08 bits per heavy atom. The zero-order valence-electron chi connectivity index (χ0n) is 6.87. The number of hydrogen-bond acceptors (Lipinski definition) is 3. The van der Waals surface area contributed by atoms with Crippen LogP contribution in [0.25, 0.3) is 0 Å². The van der Waals surface area contributed by atoms with Crippen molar-refractivity contribution in [1.29, 1.82) is 0 Å². The van der Waals surface area contributed by atoms with E-state index in [2.05, 4.69) is 0 Å². The molecule has 0 unspecified atom stereocenters. The molecule has 64 valence electrons. The molecule has 0 radical (unpaired) electrons. The van der Waals surface area contributed by atoms with Crippen LogP contribution < -0.4 is 0 Å². The lowest BCUT2D eigenvalue weighted by molar-refractivity contribution is -0.138. The molecule has 0 bridgehead atoms. The van der Waals surface area contributed by atoms with Crippen LogP contribution in [0.4, 0.5) is 0 Å². The van der Waals surface area contributed by atoms with E-state index in [4.69, 9.17) is 17.0 Å². The molecule has 0 aliphatic heterocycles. The Morgan fingerprint density at radius 2 is 2.50 bits per heavy atom. The van der Waals surface area contributed by atoms with E-state index in [-0.39, 0.29) is 5.97 Å². The van der Waals surface area contributed by atoms with Crippen molar-refractivity contribution in [2.75, 3.05) is 0 Å². The van der Waals surface area contributed by atoms with Crippen molar-refractivity contribution in [2.24, 2.45) is 0 Å². The van der Waals surface area contributed by atoms with Gasteiger partial charge in [-0.3, -0.25) is 4.79 Å². The Labute approximate surface area is 76.9 Å². The molecule has 1 aliphatic rings. The van der Waals surface area contributed by atoms with E-state index in [0.717, 1.165) is 0 Å². The van der Waals surface area contributed by atoms with Crippen LogP contribution in [0.3, 0.4) is 0 Å². The van der Waals surface area contributed by atoms with Crippen LogP contribution in [0.5, 0.6) is 0 Å². The largest absolute Gasteiger partial charge is 0.425 e. The van der Waals surface area contributed by atoms with Crippen LogP contribution >= 0.6 is 12.2 Å². The summed E-state index contributed by atoms with van der Waals surface area (Å²) in [6.07, 6.45) is 6.57. The maximum absolute atomic E-state index is 10.9. The topological polar surface area (TPSA) is 26.3 Å². The number of esters is 1. The molecule has 0 heterocycles. The molecule has 0 aromatic heterocycles. The summed E-state index contributed by atoms with van der Waals surface area (Å²) in [6.45, 7) is 1.75. The molecular weight excluding hydrogens is 172 g/mol. The van der Waals surface area contributed by atoms with E-state index >= 15 is 0 Å². The Hall–Kier alpha value is -0.960. The average Bonchev–Trinajstić information content (AvgIpc) is 2.09. The molecule has 0 N–H and O–H groups in total. The zero-order chi connectivity index (χ0) is 8.97. The van der Waals surface area contributed by atoms with Gasteiger partial charge in [0.1, 0.15) is 5.76 Å². The SMILES string of the molecule is CCC(=O)OC1=CC=CCC1=S. The van der Waals surface area contributed by atoms with Gasteiger partial charge >= 0.3 is 5.97 Å². The lowest BCUT2D eigenvalue weighted by Gasteiger charge is -2.09. The van der Waals surface area contributed by atoms with Crippen LogP contribution in [0, 0.1) is 0 Å². The summed E-state index contributed by atoms with van der Waals surface area (Å²) >= 11 is 5.00. The number of rotatable bonds is 2. The number of hydrogen-bond donors (Lipinski definition) is 0. The maximum atomic E-state index is 10.9. The van der Waals surface area contributed by atoms with Crippen LogP contribution in [-0.4, -0.2) is 10.8 Å². The fourth-order valence-corrected chi connectivity index (χ4v) is 1.02. The standard InChI is InChI=1S/C9H10O2S/c1-2-9(10)11-7-5-3-4-6-8(7)12/h3-5H,2,6H2,1H3. The Balaban J connectivity index is 2.61. The minimum Gasteiger partial charge on any atom is -0.425 e. The van der Waals surface area contributed by atoms with Gasteiger partial charge in [0, 0.05) is 12.8 Å². The van der Waals surface area contributed by atoms with E-state index in [1.165, 1.54) is 0 Å². The van der Waals surface area contributed by atoms with Crippen LogP contribution in [0.1, 0.15) is 19.8 Å². The molecule has 3 heteroatoms. The second-order valence-corrected chi connectivity index (χ2v) is 2.91. The highest BCUT2D eigenvalue weighted by molar-refractivity contribution is 7.80.